The lowest BCUT2D eigenvalue weighted by Crippen LogP contribution is -2.34. The van der Waals surface area contributed by atoms with Crippen molar-refractivity contribution in [3.63, 3.8) is 0 Å². The first-order valence-electron chi connectivity index (χ1n) is 8.14. The third-order valence-corrected chi connectivity index (χ3v) is 5.95. The second-order valence-electron chi connectivity index (χ2n) is 5.91. The van der Waals surface area contributed by atoms with Gasteiger partial charge in [-0.3, -0.25) is 9.59 Å². The van der Waals surface area contributed by atoms with Gasteiger partial charge in [-0.05, 0) is 32.3 Å². The van der Waals surface area contributed by atoms with Crippen LogP contribution in [0.3, 0.4) is 0 Å². The Bertz CT molecular complexity index is 716. The molecule has 0 bridgehead atoms. The summed E-state index contributed by atoms with van der Waals surface area (Å²) < 4.78 is 0.792. The zero-order chi connectivity index (χ0) is 18.2. The number of nitrogens with zero attached hydrogens (tertiary/aromatic N) is 1. The second kappa shape index (κ2) is 9.58. The number of carbonyl (C=O) groups excluding carboxylic acids is 2. The van der Waals surface area contributed by atoms with Gasteiger partial charge in [0.25, 0.3) is 0 Å². The molecule has 0 aliphatic rings. The number of hydrogen-bond acceptors (Lipinski definition) is 5. The van der Waals surface area contributed by atoms with Crippen molar-refractivity contribution in [3.05, 3.63) is 46.5 Å². The number of carbonyl (C=O) groups is 2. The topological polar surface area (TPSA) is 85.1 Å². The van der Waals surface area contributed by atoms with Gasteiger partial charge in [0, 0.05) is 10.9 Å². The minimum absolute atomic E-state index is 0.00475. The highest BCUT2D eigenvalue weighted by Gasteiger charge is 2.13. The lowest BCUT2D eigenvalue weighted by atomic mass is 10.1. The van der Waals surface area contributed by atoms with Crippen molar-refractivity contribution in [1.82, 2.24) is 10.3 Å². The highest BCUT2D eigenvalue weighted by atomic mass is 32.2. The Morgan fingerprint density at radius 2 is 2.04 bits per heavy atom. The lowest BCUT2D eigenvalue weighted by molar-refractivity contribution is -0.119. The van der Waals surface area contributed by atoms with E-state index in [-0.39, 0.29) is 24.3 Å². The van der Waals surface area contributed by atoms with Crippen molar-refractivity contribution in [2.45, 2.75) is 43.5 Å². The number of aryl methyl sites for hydroxylation is 2. The van der Waals surface area contributed by atoms with Crippen LogP contribution < -0.4 is 11.1 Å². The van der Waals surface area contributed by atoms with Crippen LogP contribution in [0.2, 0.25) is 0 Å². The van der Waals surface area contributed by atoms with Crippen molar-refractivity contribution < 1.29 is 9.59 Å². The fourth-order valence-electron chi connectivity index (χ4n) is 2.33. The molecule has 25 heavy (non-hydrogen) atoms. The smallest absolute Gasteiger partial charge is 0.230 e. The molecule has 7 heteroatoms. The monoisotopic (exact) mass is 377 g/mol. The quantitative estimate of drug-likeness (QED) is 0.658. The molecule has 2 rings (SSSR count). The summed E-state index contributed by atoms with van der Waals surface area (Å²) in [4.78, 5) is 28.3. The molecule has 1 aromatic heterocycles. The maximum atomic E-state index is 12.1. The number of nitrogens with two attached hydrogens (primary N) is 1. The summed E-state index contributed by atoms with van der Waals surface area (Å²) in [5.74, 6) is -0.0540. The van der Waals surface area contributed by atoms with E-state index in [1.807, 2.05) is 32.0 Å². The van der Waals surface area contributed by atoms with E-state index in [4.69, 9.17) is 5.73 Å². The number of primary amides is 1. The first kappa shape index (κ1) is 19.5. The SMILES string of the molecule is Cc1nc(SCC(=O)N[C@@H](C)CCc2ccccc2)sc1CC(N)=O. The van der Waals surface area contributed by atoms with Crippen LogP contribution in [0, 0.1) is 6.92 Å². The van der Waals surface area contributed by atoms with E-state index in [1.54, 1.807) is 0 Å². The van der Waals surface area contributed by atoms with Gasteiger partial charge >= 0.3 is 0 Å². The average Bonchev–Trinajstić information content (AvgIpc) is 2.91. The normalized spacial score (nSPS) is 11.9. The van der Waals surface area contributed by atoms with Gasteiger partial charge in [-0.15, -0.1) is 11.3 Å². The summed E-state index contributed by atoms with van der Waals surface area (Å²) in [6.45, 7) is 3.87. The van der Waals surface area contributed by atoms with Crippen molar-refractivity contribution in [2.75, 3.05) is 5.75 Å². The number of thiazole rings is 1. The fourth-order valence-corrected chi connectivity index (χ4v) is 4.38. The van der Waals surface area contributed by atoms with Gasteiger partial charge in [0.05, 0.1) is 17.9 Å². The van der Waals surface area contributed by atoms with Gasteiger partial charge in [-0.2, -0.15) is 0 Å². The number of benzene rings is 1. The number of amides is 2. The van der Waals surface area contributed by atoms with Crippen LogP contribution in [0.25, 0.3) is 0 Å². The number of hydrogen-bond donors (Lipinski definition) is 2. The highest BCUT2D eigenvalue weighted by molar-refractivity contribution is 8.01. The molecule has 2 aromatic rings. The van der Waals surface area contributed by atoms with Gasteiger partial charge in [0.1, 0.15) is 0 Å². The molecule has 0 spiro atoms. The van der Waals surface area contributed by atoms with Crippen LogP contribution in [0.4, 0.5) is 0 Å². The largest absolute Gasteiger partial charge is 0.369 e. The maximum Gasteiger partial charge on any atom is 0.230 e. The van der Waals surface area contributed by atoms with E-state index in [0.717, 1.165) is 27.8 Å². The minimum atomic E-state index is -0.367. The lowest BCUT2D eigenvalue weighted by Gasteiger charge is -2.13. The van der Waals surface area contributed by atoms with Crippen LogP contribution in [0.1, 0.15) is 29.5 Å². The number of aromatic nitrogens is 1. The van der Waals surface area contributed by atoms with Crippen molar-refractivity contribution in [3.8, 4) is 0 Å². The van der Waals surface area contributed by atoms with Gasteiger partial charge < -0.3 is 11.1 Å². The van der Waals surface area contributed by atoms with Crippen molar-refractivity contribution in [2.24, 2.45) is 5.73 Å². The fraction of sp³-hybridized carbons (Fsp3) is 0.389. The summed E-state index contributed by atoms with van der Waals surface area (Å²) in [6.07, 6.45) is 2.05. The summed E-state index contributed by atoms with van der Waals surface area (Å²) in [7, 11) is 0. The predicted molar refractivity (Wildman–Crippen MR) is 103 cm³/mol. The molecule has 3 N–H and O–H groups in total. The Kier molecular flexibility index (Phi) is 7.46. The van der Waals surface area contributed by atoms with E-state index in [1.165, 1.54) is 28.7 Å². The van der Waals surface area contributed by atoms with E-state index in [2.05, 4.69) is 22.4 Å². The van der Waals surface area contributed by atoms with Gasteiger partial charge in [-0.25, -0.2) is 4.98 Å². The first-order chi connectivity index (χ1) is 11.9. The Morgan fingerprint density at radius 3 is 2.72 bits per heavy atom. The zero-order valence-corrected chi connectivity index (χ0v) is 16.1. The molecule has 2 amide bonds. The van der Waals surface area contributed by atoms with Crippen LogP contribution in [0.5, 0.6) is 0 Å². The van der Waals surface area contributed by atoms with Crippen molar-refractivity contribution >= 4 is 34.9 Å². The van der Waals surface area contributed by atoms with Gasteiger partial charge in [-0.1, -0.05) is 42.1 Å². The molecule has 0 unspecified atom stereocenters. The predicted octanol–water partition coefficient (Wildman–Crippen LogP) is 2.71. The molecule has 1 atom stereocenters. The van der Waals surface area contributed by atoms with Crippen molar-refractivity contribution in [1.29, 1.82) is 0 Å². The van der Waals surface area contributed by atoms with Crippen LogP contribution in [-0.4, -0.2) is 28.6 Å². The molecular weight excluding hydrogens is 354 g/mol. The van der Waals surface area contributed by atoms with E-state index in [9.17, 15) is 9.59 Å². The first-order valence-corrected chi connectivity index (χ1v) is 9.95. The Labute approximate surface area is 156 Å². The number of nitrogens with one attached hydrogen (secondary N) is 1. The molecule has 5 nitrogen and oxygen atoms in total. The summed E-state index contributed by atoms with van der Waals surface area (Å²) >= 11 is 2.82. The van der Waals surface area contributed by atoms with E-state index >= 15 is 0 Å². The van der Waals surface area contributed by atoms with Crippen LogP contribution in [-0.2, 0) is 22.4 Å². The summed E-state index contributed by atoms with van der Waals surface area (Å²) in [5, 5.41) is 3.02. The molecule has 0 radical (unpaired) electrons. The average molecular weight is 378 g/mol. The molecule has 0 aliphatic carbocycles. The Morgan fingerprint density at radius 1 is 1.32 bits per heavy atom. The molecule has 0 aliphatic heterocycles. The minimum Gasteiger partial charge on any atom is -0.369 e. The molecule has 0 saturated heterocycles. The summed E-state index contributed by atoms with van der Waals surface area (Å²) in [5.41, 5.74) is 7.30. The third-order valence-electron chi connectivity index (χ3n) is 3.65. The summed E-state index contributed by atoms with van der Waals surface area (Å²) in [6, 6.07) is 10.4. The Balaban J connectivity index is 1.73. The van der Waals surface area contributed by atoms with E-state index < -0.39 is 0 Å². The number of thioether (sulfide) groups is 1. The Hall–Kier alpha value is -1.86. The number of rotatable bonds is 9. The van der Waals surface area contributed by atoms with Crippen LogP contribution in [0.15, 0.2) is 34.7 Å². The molecule has 0 saturated carbocycles. The zero-order valence-electron chi connectivity index (χ0n) is 14.5. The maximum absolute atomic E-state index is 12.1. The molecule has 1 aromatic carbocycles. The molecule has 134 valence electrons. The van der Waals surface area contributed by atoms with Gasteiger partial charge in [0.2, 0.25) is 11.8 Å². The molecule has 0 fully saturated rings. The van der Waals surface area contributed by atoms with E-state index in [0.29, 0.717) is 5.75 Å². The highest BCUT2D eigenvalue weighted by Crippen LogP contribution is 2.27. The standard InChI is InChI=1S/C18H23N3O2S2/c1-12(8-9-14-6-4-3-5-7-14)20-17(23)11-24-18-21-13(2)15(25-18)10-16(19)22/h3-7,12H,8-11H2,1-2H3,(H2,19,22)(H,20,23)/t12-/m0/s1. The third kappa shape index (κ3) is 6.88. The molecular formula is C18H23N3O2S2. The van der Waals surface area contributed by atoms with Crippen LogP contribution >= 0.6 is 23.1 Å². The molecule has 1 heterocycles. The van der Waals surface area contributed by atoms with Gasteiger partial charge in [0.15, 0.2) is 4.34 Å². The second-order valence-corrected chi connectivity index (χ2v) is 8.22.